The predicted octanol–water partition coefficient (Wildman–Crippen LogP) is 17.2. The molecule has 0 bridgehead atoms. The largest absolute Gasteiger partial charge is 0.454 e. The maximum Gasteiger partial charge on any atom is 0.159 e. The minimum absolute atomic E-state index is 0.249. The molecule has 0 fully saturated rings. The molecule has 64 heavy (non-hydrogen) atoms. The summed E-state index contributed by atoms with van der Waals surface area (Å²) in [6, 6.07) is 83.0. The van der Waals surface area contributed by atoms with Gasteiger partial charge >= 0.3 is 0 Å². The molecule has 1 heterocycles. The average Bonchev–Trinajstić information content (AvgIpc) is 3.59. The minimum atomic E-state index is -0.249. The lowest BCUT2D eigenvalue weighted by Crippen LogP contribution is -2.21. The van der Waals surface area contributed by atoms with Crippen molar-refractivity contribution in [3.8, 4) is 56.0 Å². The van der Waals surface area contributed by atoms with Gasteiger partial charge in [0, 0.05) is 45.2 Å². The Balaban J connectivity index is 1.03. The summed E-state index contributed by atoms with van der Waals surface area (Å²) in [4.78, 5) is 4.73. The van der Waals surface area contributed by atoms with E-state index in [4.69, 9.17) is 4.74 Å². The van der Waals surface area contributed by atoms with Gasteiger partial charge in [0.25, 0.3) is 0 Å². The summed E-state index contributed by atoms with van der Waals surface area (Å²) in [5.41, 5.74) is 18.3. The second kappa shape index (κ2) is 15.0. The van der Waals surface area contributed by atoms with Gasteiger partial charge in [-0.3, -0.25) is 0 Å². The molecule has 10 aromatic carbocycles. The van der Waals surface area contributed by atoms with Crippen LogP contribution in [0, 0.1) is 0 Å². The van der Waals surface area contributed by atoms with Crippen molar-refractivity contribution in [3.05, 3.63) is 242 Å². The zero-order valence-electron chi connectivity index (χ0n) is 35.7. The van der Waals surface area contributed by atoms with Gasteiger partial charge in [-0.2, -0.15) is 0 Å². The number of ether oxygens (including phenoxy) is 1. The fourth-order valence-corrected chi connectivity index (χ4v) is 10.2. The fourth-order valence-electron chi connectivity index (χ4n) is 10.2. The van der Waals surface area contributed by atoms with Crippen molar-refractivity contribution in [1.82, 2.24) is 0 Å². The number of anilines is 6. The quantitative estimate of drug-likeness (QED) is 0.152. The Morgan fingerprint density at radius 2 is 0.891 bits per heavy atom. The zero-order chi connectivity index (χ0) is 42.8. The SMILES string of the molecule is CC1(C)c2ccccc2-c2cccc(N(c3ccc(-c4ccc(-c5ccccc5)cc4)cc3)c3ccc4cccc5c4c3Oc3cc(N(c4ccccc4)c4ccccc4)ccc3-5)c21. The number of para-hydroxylation sites is 2. The predicted molar refractivity (Wildman–Crippen MR) is 267 cm³/mol. The smallest absolute Gasteiger partial charge is 0.159 e. The third-order valence-corrected chi connectivity index (χ3v) is 13.2. The van der Waals surface area contributed by atoms with E-state index in [1.807, 2.05) is 0 Å². The Morgan fingerprint density at radius 3 is 1.58 bits per heavy atom. The number of hydrogen-bond donors (Lipinski definition) is 0. The maximum absolute atomic E-state index is 7.37. The summed E-state index contributed by atoms with van der Waals surface area (Å²) < 4.78 is 7.37. The van der Waals surface area contributed by atoms with E-state index in [1.165, 1.54) is 38.9 Å². The van der Waals surface area contributed by atoms with Crippen LogP contribution >= 0.6 is 0 Å². The Morgan fingerprint density at radius 1 is 0.359 bits per heavy atom. The Labute approximate surface area is 374 Å². The van der Waals surface area contributed by atoms with E-state index >= 15 is 0 Å². The highest BCUT2D eigenvalue weighted by Crippen LogP contribution is 2.58. The minimum Gasteiger partial charge on any atom is -0.454 e. The molecule has 304 valence electrons. The standard InChI is InChI=1S/C61H44N2O/c1-61(2)54-26-13-12-23-50(54)53-25-15-27-55(59(53)61)63(48-35-32-44(33-36-48)43-30-28-42(29-31-43)41-16-6-3-7-17-41)56-39-34-45-18-14-24-52-51-38-37-49(40-57(51)64-60(56)58(45)52)62(46-19-8-4-9-20-46)47-21-10-5-11-22-47/h3-40H,1-2H3. The second-order valence-electron chi connectivity index (χ2n) is 17.3. The third kappa shape index (κ3) is 6.12. The second-order valence-corrected chi connectivity index (χ2v) is 17.3. The molecular weight excluding hydrogens is 777 g/mol. The van der Waals surface area contributed by atoms with E-state index in [9.17, 15) is 0 Å². The van der Waals surface area contributed by atoms with Gasteiger partial charge in [-0.15, -0.1) is 0 Å². The molecule has 0 amide bonds. The van der Waals surface area contributed by atoms with Crippen molar-refractivity contribution in [1.29, 1.82) is 0 Å². The Kier molecular flexibility index (Phi) is 8.84. The molecule has 0 unspecified atom stereocenters. The number of hydrogen-bond acceptors (Lipinski definition) is 3. The number of benzene rings is 10. The average molecular weight is 821 g/mol. The van der Waals surface area contributed by atoms with Crippen molar-refractivity contribution in [2.24, 2.45) is 0 Å². The third-order valence-electron chi connectivity index (χ3n) is 13.2. The van der Waals surface area contributed by atoms with Crippen LogP contribution < -0.4 is 14.5 Å². The highest BCUT2D eigenvalue weighted by atomic mass is 16.5. The van der Waals surface area contributed by atoms with E-state index in [0.29, 0.717) is 0 Å². The highest BCUT2D eigenvalue weighted by Gasteiger charge is 2.39. The molecule has 1 aliphatic heterocycles. The topological polar surface area (TPSA) is 15.7 Å². The molecule has 0 N–H and O–H groups in total. The molecule has 3 heteroatoms. The van der Waals surface area contributed by atoms with Gasteiger partial charge in [0.05, 0.1) is 11.4 Å². The molecule has 0 saturated heterocycles. The lowest BCUT2D eigenvalue weighted by atomic mass is 9.81. The van der Waals surface area contributed by atoms with Gasteiger partial charge < -0.3 is 14.5 Å². The Bertz CT molecular complexity index is 3320. The van der Waals surface area contributed by atoms with E-state index in [0.717, 1.165) is 73.1 Å². The first-order chi connectivity index (χ1) is 31.5. The summed E-state index contributed by atoms with van der Waals surface area (Å²) in [7, 11) is 0. The van der Waals surface area contributed by atoms with Crippen molar-refractivity contribution in [2.75, 3.05) is 9.80 Å². The molecule has 3 nitrogen and oxygen atoms in total. The van der Waals surface area contributed by atoms with Crippen LogP contribution in [-0.2, 0) is 5.41 Å². The van der Waals surface area contributed by atoms with Crippen LogP contribution in [0.4, 0.5) is 34.1 Å². The first-order valence-electron chi connectivity index (χ1n) is 22.1. The lowest BCUT2D eigenvalue weighted by molar-refractivity contribution is 0.488. The van der Waals surface area contributed by atoms with Crippen molar-refractivity contribution in [2.45, 2.75) is 19.3 Å². The van der Waals surface area contributed by atoms with Gasteiger partial charge in [0.2, 0.25) is 0 Å². The van der Waals surface area contributed by atoms with Gasteiger partial charge in [0.15, 0.2) is 5.75 Å². The van der Waals surface area contributed by atoms with Crippen LogP contribution in [0.15, 0.2) is 231 Å². The summed E-state index contributed by atoms with van der Waals surface area (Å²) in [6.07, 6.45) is 0. The summed E-state index contributed by atoms with van der Waals surface area (Å²) >= 11 is 0. The van der Waals surface area contributed by atoms with Crippen molar-refractivity contribution in [3.63, 3.8) is 0 Å². The van der Waals surface area contributed by atoms with Crippen molar-refractivity contribution < 1.29 is 4.74 Å². The van der Waals surface area contributed by atoms with E-state index in [-0.39, 0.29) is 5.41 Å². The summed E-state index contributed by atoms with van der Waals surface area (Å²) in [5, 5.41) is 2.25. The van der Waals surface area contributed by atoms with Gasteiger partial charge in [-0.1, -0.05) is 178 Å². The maximum atomic E-state index is 7.37. The van der Waals surface area contributed by atoms with E-state index < -0.39 is 0 Å². The van der Waals surface area contributed by atoms with Crippen LogP contribution in [-0.4, -0.2) is 0 Å². The molecule has 0 aromatic heterocycles. The molecule has 2 aliphatic rings. The highest BCUT2D eigenvalue weighted by molar-refractivity contribution is 6.09. The first kappa shape index (κ1) is 37.6. The fraction of sp³-hybridized carbons (Fsp3) is 0.0492. The monoisotopic (exact) mass is 820 g/mol. The summed E-state index contributed by atoms with van der Waals surface area (Å²) in [6.45, 7) is 4.73. The van der Waals surface area contributed by atoms with Crippen LogP contribution in [0.1, 0.15) is 25.0 Å². The Hall–Kier alpha value is -8.14. The zero-order valence-corrected chi connectivity index (χ0v) is 35.7. The van der Waals surface area contributed by atoms with Gasteiger partial charge in [0.1, 0.15) is 5.75 Å². The molecule has 0 radical (unpaired) electrons. The first-order valence-corrected chi connectivity index (χ1v) is 22.1. The van der Waals surface area contributed by atoms with Crippen LogP contribution in [0.2, 0.25) is 0 Å². The molecule has 0 saturated carbocycles. The molecule has 12 rings (SSSR count). The van der Waals surface area contributed by atoms with E-state index in [1.54, 1.807) is 0 Å². The normalized spacial score (nSPS) is 12.8. The molecule has 0 spiro atoms. The van der Waals surface area contributed by atoms with Gasteiger partial charge in [-0.05, 0) is 116 Å². The van der Waals surface area contributed by atoms with Crippen LogP contribution in [0.3, 0.4) is 0 Å². The molecule has 10 aromatic rings. The number of rotatable bonds is 8. The summed E-state index contributed by atoms with van der Waals surface area (Å²) in [5.74, 6) is 1.66. The molecular formula is C61H44N2O. The molecule has 0 atom stereocenters. The number of nitrogens with zero attached hydrogens (tertiary/aromatic N) is 2. The van der Waals surface area contributed by atoms with Crippen molar-refractivity contribution >= 4 is 44.9 Å². The lowest BCUT2D eigenvalue weighted by Gasteiger charge is -2.34. The van der Waals surface area contributed by atoms with Crippen LogP contribution in [0.25, 0.3) is 55.3 Å². The van der Waals surface area contributed by atoms with Gasteiger partial charge in [-0.25, -0.2) is 0 Å². The number of fused-ring (bicyclic) bond motifs is 5. The van der Waals surface area contributed by atoms with E-state index in [2.05, 4.69) is 254 Å². The van der Waals surface area contributed by atoms with Crippen LogP contribution in [0.5, 0.6) is 11.5 Å². The molecule has 1 aliphatic carbocycles.